The van der Waals surface area contributed by atoms with E-state index in [1.54, 1.807) is 0 Å². The molecule has 0 unspecified atom stereocenters. The van der Waals surface area contributed by atoms with Crippen LogP contribution in [0.3, 0.4) is 0 Å². The third kappa shape index (κ3) is 4.24. The largest absolute Gasteiger partial charge is 0.352 e. The summed E-state index contributed by atoms with van der Waals surface area (Å²) in [7, 11) is 0. The quantitative estimate of drug-likeness (QED) is 0.729. The minimum Gasteiger partial charge on any atom is -0.352 e. The Morgan fingerprint density at radius 3 is 2.70 bits per heavy atom. The van der Waals surface area contributed by atoms with Gasteiger partial charge in [-0.2, -0.15) is 4.98 Å². The Bertz CT molecular complexity index is 846. The predicted molar refractivity (Wildman–Crippen MR) is 97.5 cm³/mol. The molecule has 2 aromatic rings. The van der Waals surface area contributed by atoms with Crippen LogP contribution < -0.4 is 10.6 Å². The molecule has 1 aromatic carbocycles. The molecule has 0 radical (unpaired) electrons. The third-order valence-electron chi connectivity index (χ3n) is 5.25. The number of benzene rings is 1. The smallest absolute Gasteiger partial charge is 0.315 e. The number of rotatable bonds is 7. The number of nitrogens with one attached hydrogen (secondary N) is 2. The average Bonchev–Trinajstić information content (AvgIpc) is 3.42. The molecule has 3 atom stereocenters. The lowest BCUT2D eigenvalue weighted by Crippen LogP contribution is -2.31. The second-order valence-electron chi connectivity index (χ2n) is 7.21. The summed E-state index contributed by atoms with van der Waals surface area (Å²) in [6.45, 7) is 1.04. The van der Waals surface area contributed by atoms with Crippen LogP contribution in [-0.2, 0) is 17.8 Å². The van der Waals surface area contributed by atoms with E-state index < -0.39 is 0 Å². The summed E-state index contributed by atoms with van der Waals surface area (Å²) in [6.07, 6.45) is 6.82. The summed E-state index contributed by atoms with van der Waals surface area (Å²) in [5.41, 5.74) is 1.01. The van der Waals surface area contributed by atoms with Crippen molar-refractivity contribution in [2.24, 2.45) is 17.8 Å². The van der Waals surface area contributed by atoms with Crippen LogP contribution in [0.5, 0.6) is 0 Å². The van der Waals surface area contributed by atoms with Gasteiger partial charge in [-0.1, -0.05) is 47.6 Å². The van der Waals surface area contributed by atoms with Crippen LogP contribution in [0.1, 0.15) is 34.9 Å². The number of hydrogen-bond donors (Lipinski definition) is 2. The van der Waals surface area contributed by atoms with Crippen molar-refractivity contribution in [1.82, 2.24) is 20.8 Å². The van der Waals surface area contributed by atoms with Gasteiger partial charge in [0.05, 0.1) is 6.42 Å². The summed E-state index contributed by atoms with van der Waals surface area (Å²) in [5.74, 6) is 1.22. The Balaban J connectivity index is 1.23. The second kappa shape index (κ2) is 7.73. The van der Waals surface area contributed by atoms with Gasteiger partial charge in [-0.15, -0.1) is 0 Å². The standard InChI is InChI=1S/C20H22N4O3/c25-18(21-11-13-4-2-1-3-5-13)10-17-23-20(27-24-17)19(26)22-12-16-9-14-6-7-15(16)8-14/h1-7,14-16H,8-12H2,(H,21,25)(H,22,26)/t14-,15+,16-/m1/s1. The minimum absolute atomic E-state index is 0.0270. The van der Waals surface area contributed by atoms with E-state index in [1.165, 1.54) is 6.42 Å². The van der Waals surface area contributed by atoms with E-state index in [0.29, 0.717) is 30.8 Å². The first kappa shape index (κ1) is 17.5. The van der Waals surface area contributed by atoms with Crippen molar-refractivity contribution < 1.29 is 14.1 Å². The predicted octanol–water partition coefficient (Wildman–Crippen LogP) is 1.87. The third-order valence-corrected chi connectivity index (χ3v) is 5.25. The van der Waals surface area contributed by atoms with Crippen molar-refractivity contribution in [1.29, 1.82) is 0 Å². The van der Waals surface area contributed by atoms with Crippen LogP contribution in [0, 0.1) is 17.8 Å². The van der Waals surface area contributed by atoms with Gasteiger partial charge in [0.25, 0.3) is 0 Å². The molecule has 0 spiro atoms. The fourth-order valence-corrected chi connectivity index (χ4v) is 3.85. The summed E-state index contributed by atoms with van der Waals surface area (Å²) < 4.78 is 5.00. The van der Waals surface area contributed by atoms with Crippen LogP contribution in [0.25, 0.3) is 0 Å². The highest BCUT2D eigenvalue weighted by Gasteiger charge is 2.35. The van der Waals surface area contributed by atoms with Crippen molar-refractivity contribution in [3.05, 3.63) is 59.8 Å². The molecule has 2 amide bonds. The zero-order valence-electron chi connectivity index (χ0n) is 14.9. The average molecular weight is 366 g/mol. The number of carbonyl (C=O) groups excluding carboxylic acids is 2. The fraction of sp³-hybridized carbons (Fsp3) is 0.400. The summed E-state index contributed by atoms with van der Waals surface area (Å²) in [4.78, 5) is 28.2. The van der Waals surface area contributed by atoms with E-state index in [0.717, 1.165) is 12.0 Å². The maximum atomic E-state index is 12.2. The van der Waals surface area contributed by atoms with Gasteiger partial charge in [-0.25, -0.2) is 0 Å². The van der Waals surface area contributed by atoms with Gasteiger partial charge < -0.3 is 15.2 Å². The number of fused-ring (bicyclic) bond motifs is 2. The Labute approximate surface area is 157 Å². The van der Waals surface area contributed by atoms with Gasteiger partial charge in [0.2, 0.25) is 5.91 Å². The number of allylic oxidation sites excluding steroid dienone is 2. The van der Waals surface area contributed by atoms with Gasteiger partial charge in [0.1, 0.15) is 0 Å². The van der Waals surface area contributed by atoms with E-state index in [4.69, 9.17) is 4.52 Å². The van der Waals surface area contributed by atoms with Gasteiger partial charge in [0.15, 0.2) is 5.82 Å². The molecule has 0 aliphatic heterocycles. The highest BCUT2D eigenvalue weighted by molar-refractivity contribution is 5.89. The van der Waals surface area contributed by atoms with E-state index in [-0.39, 0.29) is 30.0 Å². The number of nitrogens with zero attached hydrogens (tertiary/aromatic N) is 2. The van der Waals surface area contributed by atoms with Crippen LogP contribution in [0.4, 0.5) is 0 Å². The van der Waals surface area contributed by atoms with Crippen LogP contribution >= 0.6 is 0 Å². The summed E-state index contributed by atoms with van der Waals surface area (Å²) in [6, 6.07) is 9.62. The molecule has 140 valence electrons. The molecular weight excluding hydrogens is 344 g/mol. The Morgan fingerprint density at radius 1 is 1.11 bits per heavy atom. The number of carbonyl (C=O) groups is 2. The van der Waals surface area contributed by atoms with E-state index in [1.807, 2.05) is 30.3 Å². The molecule has 1 saturated carbocycles. The number of aromatic nitrogens is 2. The number of hydrogen-bond acceptors (Lipinski definition) is 5. The van der Waals surface area contributed by atoms with Crippen molar-refractivity contribution >= 4 is 11.8 Å². The molecule has 4 rings (SSSR count). The lowest BCUT2D eigenvalue weighted by atomic mass is 9.94. The lowest BCUT2D eigenvalue weighted by Gasteiger charge is -2.17. The Hall–Kier alpha value is -2.96. The zero-order chi connectivity index (χ0) is 18.6. The second-order valence-corrected chi connectivity index (χ2v) is 7.21. The first-order valence-electron chi connectivity index (χ1n) is 9.27. The molecule has 2 aliphatic carbocycles. The van der Waals surface area contributed by atoms with Crippen molar-refractivity contribution in [2.75, 3.05) is 6.54 Å². The van der Waals surface area contributed by atoms with Crippen LogP contribution in [0.2, 0.25) is 0 Å². The molecule has 7 nitrogen and oxygen atoms in total. The fourth-order valence-electron chi connectivity index (χ4n) is 3.85. The molecule has 1 heterocycles. The Morgan fingerprint density at radius 2 is 1.96 bits per heavy atom. The topological polar surface area (TPSA) is 97.1 Å². The molecule has 1 fully saturated rings. The normalized spacial score (nSPS) is 22.7. The molecular formula is C20H22N4O3. The molecule has 7 heteroatoms. The van der Waals surface area contributed by atoms with Gasteiger partial charge in [0, 0.05) is 13.1 Å². The molecule has 1 aromatic heterocycles. The van der Waals surface area contributed by atoms with E-state index in [2.05, 4.69) is 32.9 Å². The van der Waals surface area contributed by atoms with Crippen LogP contribution in [-0.4, -0.2) is 28.5 Å². The van der Waals surface area contributed by atoms with Crippen molar-refractivity contribution in [2.45, 2.75) is 25.8 Å². The SMILES string of the molecule is O=C(Cc1noc(C(=O)NC[C@H]2C[C@@H]3C=C[C@H]2C3)n1)NCc1ccccc1. The number of amides is 2. The first-order valence-corrected chi connectivity index (χ1v) is 9.27. The molecule has 2 N–H and O–H groups in total. The van der Waals surface area contributed by atoms with Crippen LogP contribution in [0.15, 0.2) is 47.0 Å². The maximum Gasteiger partial charge on any atom is 0.315 e. The van der Waals surface area contributed by atoms with Gasteiger partial charge >= 0.3 is 11.8 Å². The van der Waals surface area contributed by atoms with Gasteiger partial charge in [-0.05, 0) is 36.2 Å². The van der Waals surface area contributed by atoms with E-state index in [9.17, 15) is 9.59 Å². The molecule has 27 heavy (non-hydrogen) atoms. The monoisotopic (exact) mass is 366 g/mol. The lowest BCUT2D eigenvalue weighted by molar-refractivity contribution is -0.120. The minimum atomic E-state index is -0.384. The Kier molecular flexibility index (Phi) is 5.00. The maximum absolute atomic E-state index is 12.2. The van der Waals surface area contributed by atoms with Crippen molar-refractivity contribution in [3.8, 4) is 0 Å². The molecule has 2 aliphatic rings. The molecule has 2 bridgehead atoms. The highest BCUT2D eigenvalue weighted by atomic mass is 16.5. The van der Waals surface area contributed by atoms with Crippen molar-refractivity contribution in [3.63, 3.8) is 0 Å². The summed E-state index contributed by atoms with van der Waals surface area (Å²) >= 11 is 0. The summed E-state index contributed by atoms with van der Waals surface area (Å²) in [5, 5.41) is 9.40. The van der Waals surface area contributed by atoms with Gasteiger partial charge in [-0.3, -0.25) is 9.59 Å². The first-order chi connectivity index (χ1) is 13.2. The zero-order valence-corrected chi connectivity index (χ0v) is 14.9. The highest BCUT2D eigenvalue weighted by Crippen LogP contribution is 2.42. The van der Waals surface area contributed by atoms with E-state index >= 15 is 0 Å². The molecule has 0 saturated heterocycles.